The van der Waals surface area contributed by atoms with Crippen LogP contribution in [0.3, 0.4) is 0 Å². The molecule has 28 heavy (non-hydrogen) atoms. The van der Waals surface area contributed by atoms with Crippen LogP contribution in [0.4, 0.5) is 11.6 Å². The Balaban J connectivity index is 1.83. The van der Waals surface area contributed by atoms with Gasteiger partial charge in [0.15, 0.2) is 5.65 Å². The van der Waals surface area contributed by atoms with Crippen molar-refractivity contribution in [3.63, 3.8) is 0 Å². The fourth-order valence-corrected chi connectivity index (χ4v) is 3.76. The van der Waals surface area contributed by atoms with Crippen molar-refractivity contribution in [3.8, 4) is 5.75 Å². The Bertz CT molecular complexity index is 1040. The van der Waals surface area contributed by atoms with Gasteiger partial charge in [-0.3, -0.25) is 4.79 Å². The van der Waals surface area contributed by atoms with Crippen molar-refractivity contribution >= 4 is 46.4 Å². The first-order chi connectivity index (χ1) is 13.4. The molecule has 1 amide bonds. The van der Waals surface area contributed by atoms with Crippen LogP contribution in [0.5, 0.6) is 5.75 Å². The number of nitrogens with two attached hydrogens (primary N) is 1. The van der Waals surface area contributed by atoms with Crippen LogP contribution in [-0.4, -0.2) is 47.3 Å². The second-order valence-corrected chi connectivity index (χ2v) is 7.10. The number of carboxylic acids is 1. The molecule has 11 heteroatoms. The SMILES string of the molecule is CCCC(Sc1nc(N)nc2nc[nH]c12)C(=O)Nc1ccc(O)c(C(=O)O)c1. The number of nitrogen functional groups attached to an aromatic ring is 1. The Morgan fingerprint density at radius 2 is 2.14 bits per heavy atom. The highest BCUT2D eigenvalue weighted by Gasteiger charge is 2.23. The van der Waals surface area contributed by atoms with Crippen LogP contribution in [0.15, 0.2) is 29.6 Å². The minimum atomic E-state index is -1.29. The van der Waals surface area contributed by atoms with Gasteiger partial charge >= 0.3 is 5.97 Å². The van der Waals surface area contributed by atoms with Gasteiger partial charge in [0.1, 0.15) is 21.9 Å². The number of rotatable bonds is 7. The first-order valence-corrected chi connectivity index (χ1v) is 9.27. The fourth-order valence-electron chi connectivity index (χ4n) is 2.56. The lowest BCUT2D eigenvalue weighted by Gasteiger charge is -2.16. The average molecular weight is 402 g/mol. The van der Waals surface area contributed by atoms with E-state index in [1.807, 2.05) is 6.92 Å². The summed E-state index contributed by atoms with van der Waals surface area (Å²) in [5.74, 6) is -1.92. The molecule has 1 atom stereocenters. The van der Waals surface area contributed by atoms with E-state index in [0.717, 1.165) is 6.42 Å². The topological polar surface area (TPSA) is 167 Å². The molecular formula is C17H18N6O4S. The van der Waals surface area contributed by atoms with Crippen LogP contribution in [0.1, 0.15) is 30.1 Å². The minimum absolute atomic E-state index is 0.0578. The van der Waals surface area contributed by atoms with Crippen molar-refractivity contribution in [2.45, 2.75) is 30.0 Å². The van der Waals surface area contributed by atoms with Gasteiger partial charge in [0.05, 0.1) is 11.6 Å². The number of carboxylic acid groups (broad SMARTS) is 1. The number of phenols is 1. The molecule has 2 heterocycles. The number of aromatic carboxylic acids is 1. The molecule has 0 saturated carbocycles. The summed E-state index contributed by atoms with van der Waals surface area (Å²) in [5.41, 5.74) is 6.71. The van der Waals surface area contributed by atoms with E-state index < -0.39 is 11.2 Å². The van der Waals surface area contributed by atoms with Gasteiger partial charge in [-0.25, -0.2) is 14.8 Å². The Labute approximate surface area is 163 Å². The molecule has 0 radical (unpaired) electrons. The number of nitrogens with zero attached hydrogens (tertiary/aromatic N) is 3. The summed E-state index contributed by atoms with van der Waals surface area (Å²) in [7, 11) is 0. The molecule has 146 valence electrons. The van der Waals surface area contributed by atoms with E-state index in [9.17, 15) is 14.7 Å². The molecule has 0 saturated heterocycles. The molecule has 3 aromatic rings. The number of imidazole rings is 1. The number of fused-ring (bicyclic) bond motifs is 1. The number of benzene rings is 1. The summed E-state index contributed by atoms with van der Waals surface area (Å²) in [6.07, 6.45) is 2.77. The smallest absolute Gasteiger partial charge is 0.339 e. The summed E-state index contributed by atoms with van der Waals surface area (Å²) in [5, 5.41) is 21.4. The quantitative estimate of drug-likeness (QED) is 0.226. The number of aromatic amines is 1. The lowest BCUT2D eigenvalue weighted by Crippen LogP contribution is -2.25. The molecule has 0 aliphatic carbocycles. The van der Waals surface area contributed by atoms with Gasteiger partial charge in [-0.05, 0) is 24.6 Å². The van der Waals surface area contributed by atoms with E-state index in [1.165, 1.54) is 36.3 Å². The molecule has 0 fully saturated rings. The number of hydrogen-bond acceptors (Lipinski definition) is 8. The predicted octanol–water partition coefficient (Wildman–Crippen LogP) is 2.24. The van der Waals surface area contributed by atoms with Crippen molar-refractivity contribution in [3.05, 3.63) is 30.1 Å². The van der Waals surface area contributed by atoms with Crippen LogP contribution in [0.25, 0.3) is 11.2 Å². The highest BCUT2D eigenvalue weighted by Crippen LogP contribution is 2.31. The zero-order valence-electron chi connectivity index (χ0n) is 14.8. The lowest BCUT2D eigenvalue weighted by atomic mass is 10.1. The van der Waals surface area contributed by atoms with E-state index in [-0.39, 0.29) is 28.9 Å². The number of thioether (sulfide) groups is 1. The number of amides is 1. The van der Waals surface area contributed by atoms with Crippen molar-refractivity contribution < 1.29 is 19.8 Å². The monoisotopic (exact) mass is 402 g/mol. The van der Waals surface area contributed by atoms with Gasteiger partial charge in [-0.2, -0.15) is 4.98 Å². The second-order valence-electron chi connectivity index (χ2n) is 5.91. The number of aromatic hydroxyl groups is 1. The molecule has 1 aromatic carbocycles. The van der Waals surface area contributed by atoms with Crippen LogP contribution in [0, 0.1) is 0 Å². The van der Waals surface area contributed by atoms with E-state index in [0.29, 0.717) is 22.6 Å². The maximum atomic E-state index is 12.8. The summed E-state index contributed by atoms with van der Waals surface area (Å²) in [6, 6.07) is 3.86. The maximum Gasteiger partial charge on any atom is 0.339 e. The highest BCUT2D eigenvalue weighted by molar-refractivity contribution is 8.00. The Hall–Kier alpha value is -3.34. The number of hydrogen-bond donors (Lipinski definition) is 5. The van der Waals surface area contributed by atoms with Gasteiger partial charge in [0, 0.05) is 5.69 Å². The van der Waals surface area contributed by atoms with Crippen molar-refractivity contribution in [2.75, 3.05) is 11.1 Å². The number of anilines is 2. The minimum Gasteiger partial charge on any atom is -0.507 e. The number of aromatic nitrogens is 4. The first-order valence-electron chi connectivity index (χ1n) is 8.39. The predicted molar refractivity (Wildman–Crippen MR) is 104 cm³/mol. The Morgan fingerprint density at radius 3 is 2.86 bits per heavy atom. The van der Waals surface area contributed by atoms with E-state index >= 15 is 0 Å². The van der Waals surface area contributed by atoms with Crippen LogP contribution < -0.4 is 11.1 Å². The normalized spacial score (nSPS) is 12.0. The molecule has 3 rings (SSSR count). The fraction of sp³-hybridized carbons (Fsp3) is 0.235. The third kappa shape index (κ3) is 4.14. The summed E-state index contributed by atoms with van der Waals surface area (Å²) in [6.45, 7) is 1.95. The molecule has 0 spiro atoms. The number of nitrogens with one attached hydrogen (secondary N) is 2. The third-order valence-corrected chi connectivity index (χ3v) is 5.11. The van der Waals surface area contributed by atoms with Crippen molar-refractivity contribution in [2.24, 2.45) is 0 Å². The zero-order chi connectivity index (χ0) is 20.3. The highest BCUT2D eigenvalue weighted by atomic mass is 32.2. The molecular weight excluding hydrogens is 384 g/mol. The van der Waals surface area contributed by atoms with Gasteiger partial charge in [0.25, 0.3) is 0 Å². The lowest BCUT2D eigenvalue weighted by molar-refractivity contribution is -0.115. The number of H-pyrrole nitrogens is 1. The molecule has 10 nitrogen and oxygen atoms in total. The van der Waals surface area contributed by atoms with Crippen molar-refractivity contribution in [1.82, 2.24) is 19.9 Å². The largest absolute Gasteiger partial charge is 0.507 e. The second kappa shape index (κ2) is 8.13. The number of carbonyl (C=O) groups is 2. The third-order valence-electron chi connectivity index (χ3n) is 3.86. The summed E-state index contributed by atoms with van der Waals surface area (Å²) >= 11 is 1.22. The van der Waals surface area contributed by atoms with E-state index in [1.54, 1.807) is 0 Å². The van der Waals surface area contributed by atoms with Gasteiger partial charge < -0.3 is 26.2 Å². The van der Waals surface area contributed by atoms with Gasteiger partial charge in [-0.15, -0.1) is 0 Å². The first kappa shape index (κ1) is 19.4. The molecule has 1 unspecified atom stereocenters. The summed E-state index contributed by atoms with van der Waals surface area (Å²) < 4.78 is 0. The summed E-state index contributed by atoms with van der Waals surface area (Å²) in [4.78, 5) is 39.2. The van der Waals surface area contributed by atoms with Gasteiger partial charge in [-0.1, -0.05) is 25.1 Å². The maximum absolute atomic E-state index is 12.8. The molecule has 0 aliphatic rings. The Morgan fingerprint density at radius 1 is 1.36 bits per heavy atom. The van der Waals surface area contributed by atoms with E-state index in [2.05, 4.69) is 25.3 Å². The molecule has 2 aromatic heterocycles. The Kier molecular flexibility index (Phi) is 5.64. The van der Waals surface area contributed by atoms with Crippen LogP contribution in [-0.2, 0) is 4.79 Å². The zero-order valence-corrected chi connectivity index (χ0v) is 15.7. The van der Waals surface area contributed by atoms with E-state index in [4.69, 9.17) is 10.8 Å². The van der Waals surface area contributed by atoms with Crippen LogP contribution >= 0.6 is 11.8 Å². The molecule has 6 N–H and O–H groups in total. The number of carbonyl (C=O) groups excluding carboxylic acids is 1. The molecule has 0 aliphatic heterocycles. The van der Waals surface area contributed by atoms with Crippen LogP contribution in [0.2, 0.25) is 0 Å². The van der Waals surface area contributed by atoms with Crippen molar-refractivity contribution in [1.29, 1.82) is 0 Å². The van der Waals surface area contributed by atoms with Gasteiger partial charge in [0.2, 0.25) is 11.9 Å². The average Bonchev–Trinajstić information content (AvgIpc) is 3.11. The molecule has 0 bridgehead atoms. The standard InChI is InChI=1S/C17H18N6O4S/c1-2-3-11(28-15-12-13(20-7-19-12)22-17(18)23-15)14(25)21-8-4-5-10(24)9(6-8)16(26)27/h4-7,11,24H,2-3H2,1H3,(H,21,25)(H,26,27)(H3,18,19,20,22,23).